The van der Waals surface area contributed by atoms with Crippen molar-refractivity contribution in [3.05, 3.63) is 48.0 Å². The van der Waals surface area contributed by atoms with Gasteiger partial charge in [0.15, 0.2) is 0 Å². The lowest BCUT2D eigenvalue weighted by molar-refractivity contribution is 0.257. The lowest BCUT2D eigenvalue weighted by Gasteiger charge is -2.19. The van der Waals surface area contributed by atoms with Gasteiger partial charge in [-0.2, -0.15) is 10.4 Å². The molecule has 0 unspecified atom stereocenters. The fraction of sp³-hybridized carbons (Fsp3) is 0.375. The number of nitriles is 1. The standard InChI is InChI=1S/C16H17FN4/c17-13-2-4-16(5-3-13)21-11-8-14(19-21)12-20(10-1-9-18)15-6-7-15/h2-5,8,11,15H,1,6-7,10,12H2. The van der Waals surface area contributed by atoms with Crippen LogP contribution in [-0.2, 0) is 6.54 Å². The van der Waals surface area contributed by atoms with Crippen LogP contribution in [0.15, 0.2) is 36.5 Å². The van der Waals surface area contributed by atoms with Crippen molar-refractivity contribution in [2.75, 3.05) is 6.54 Å². The molecular weight excluding hydrogens is 267 g/mol. The first-order chi connectivity index (χ1) is 10.3. The zero-order valence-corrected chi connectivity index (χ0v) is 11.7. The number of aromatic nitrogens is 2. The van der Waals surface area contributed by atoms with Gasteiger partial charge in [0.2, 0.25) is 0 Å². The Morgan fingerprint density at radius 3 is 2.71 bits per heavy atom. The second-order valence-electron chi connectivity index (χ2n) is 5.34. The van der Waals surface area contributed by atoms with Crippen LogP contribution in [0.4, 0.5) is 4.39 Å². The predicted octanol–water partition coefficient (Wildman–Crippen LogP) is 2.89. The van der Waals surface area contributed by atoms with E-state index in [-0.39, 0.29) is 5.82 Å². The van der Waals surface area contributed by atoms with Gasteiger partial charge in [-0.05, 0) is 43.2 Å². The summed E-state index contributed by atoms with van der Waals surface area (Å²) >= 11 is 0. The van der Waals surface area contributed by atoms with Crippen LogP contribution in [0.3, 0.4) is 0 Å². The Morgan fingerprint density at radius 2 is 2.05 bits per heavy atom. The second kappa shape index (κ2) is 6.06. The summed E-state index contributed by atoms with van der Waals surface area (Å²) in [4.78, 5) is 2.32. The maximum Gasteiger partial charge on any atom is 0.123 e. The highest BCUT2D eigenvalue weighted by atomic mass is 19.1. The lowest BCUT2D eigenvalue weighted by Crippen LogP contribution is -2.26. The summed E-state index contributed by atoms with van der Waals surface area (Å²) in [6.45, 7) is 1.56. The average molecular weight is 284 g/mol. The van der Waals surface area contributed by atoms with Crippen LogP contribution in [0.1, 0.15) is 25.0 Å². The van der Waals surface area contributed by atoms with E-state index in [1.165, 1.54) is 25.0 Å². The van der Waals surface area contributed by atoms with Gasteiger partial charge in [-0.1, -0.05) is 0 Å². The maximum absolute atomic E-state index is 12.9. The van der Waals surface area contributed by atoms with Crippen LogP contribution >= 0.6 is 0 Å². The third-order valence-corrected chi connectivity index (χ3v) is 3.67. The Morgan fingerprint density at radius 1 is 1.29 bits per heavy atom. The molecule has 1 aromatic carbocycles. The van der Waals surface area contributed by atoms with Gasteiger partial charge in [0.05, 0.1) is 17.5 Å². The monoisotopic (exact) mass is 284 g/mol. The van der Waals surface area contributed by atoms with Gasteiger partial charge < -0.3 is 0 Å². The lowest BCUT2D eigenvalue weighted by atomic mass is 10.3. The van der Waals surface area contributed by atoms with Gasteiger partial charge in [-0.3, -0.25) is 4.90 Å². The van der Waals surface area contributed by atoms with E-state index in [1.807, 2.05) is 12.3 Å². The molecular formula is C16H17FN4. The molecule has 21 heavy (non-hydrogen) atoms. The third-order valence-electron chi connectivity index (χ3n) is 3.67. The van der Waals surface area contributed by atoms with E-state index in [1.54, 1.807) is 16.8 Å². The number of hydrogen-bond donors (Lipinski definition) is 0. The topological polar surface area (TPSA) is 44.9 Å². The normalized spacial score (nSPS) is 14.3. The van der Waals surface area contributed by atoms with Crippen molar-refractivity contribution in [3.8, 4) is 11.8 Å². The SMILES string of the molecule is N#CCCN(Cc1ccn(-c2ccc(F)cc2)n1)C1CC1. The number of hydrogen-bond acceptors (Lipinski definition) is 3. The first kappa shape index (κ1) is 13.8. The summed E-state index contributed by atoms with van der Waals surface area (Å²) in [7, 11) is 0. The Labute approximate surface area is 123 Å². The van der Waals surface area contributed by atoms with Crippen LogP contribution in [0, 0.1) is 17.1 Å². The van der Waals surface area contributed by atoms with Crippen LogP contribution in [0.25, 0.3) is 5.69 Å². The molecule has 1 aliphatic rings. The van der Waals surface area contributed by atoms with Gasteiger partial charge in [0, 0.05) is 31.7 Å². The number of halogens is 1. The summed E-state index contributed by atoms with van der Waals surface area (Å²) in [5.74, 6) is -0.248. The minimum atomic E-state index is -0.248. The first-order valence-corrected chi connectivity index (χ1v) is 7.18. The molecule has 3 rings (SSSR count). The van der Waals surface area contributed by atoms with Crippen molar-refractivity contribution in [3.63, 3.8) is 0 Å². The highest BCUT2D eigenvalue weighted by Crippen LogP contribution is 2.28. The summed E-state index contributed by atoms with van der Waals surface area (Å²) in [5.41, 5.74) is 1.82. The van der Waals surface area contributed by atoms with Crippen molar-refractivity contribution < 1.29 is 4.39 Å². The molecule has 0 saturated heterocycles. The molecule has 0 amide bonds. The van der Waals surface area contributed by atoms with Crippen molar-refractivity contribution in [1.29, 1.82) is 5.26 Å². The minimum Gasteiger partial charge on any atom is -0.293 e. The van der Waals surface area contributed by atoms with Crippen molar-refractivity contribution in [2.24, 2.45) is 0 Å². The highest BCUT2D eigenvalue weighted by molar-refractivity contribution is 5.31. The molecule has 0 aliphatic heterocycles. The maximum atomic E-state index is 12.9. The smallest absolute Gasteiger partial charge is 0.123 e. The Kier molecular flexibility index (Phi) is 3.98. The van der Waals surface area contributed by atoms with E-state index in [0.29, 0.717) is 12.5 Å². The van der Waals surface area contributed by atoms with E-state index in [4.69, 9.17) is 5.26 Å². The Hall–Kier alpha value is -2.19. The molecule has 1 aliphatic carbocycles. The fourth-order valence-corrected chi connectivity index (χ4v) is 2.42. The summed E-state index contributed by atoms with van der Waals surface area (Å²) in [6.07, 6.45) is 4.86. The zero-order chi connectivity index (χ0) is 14.7. The average Bonchev–Trinajstić information content (AvgIpc) is 3.24. The van der Waals surface area contributed by atoms with E-state index >= 15 is 0 Å². The number of rotatable bonds is 6. The molecule has 1 fully saturated rings. The molecule has 1 saturated carbocycles. The van der Waals surface area contributed by atoms with Crippen LogP contribution < -0.4 is 0 Å². The molecule has 0 bridgehead atoms. The van der Waals surface area contributed by atoms with Gasteiger partial charge in [0.25, 0.3) is 0 Å². The first-order valence-electron chi connectivity index (χ1n) is 7.18. The third kappa shape index (κ3) is 3.47. The zero-order valence-electron chi connectivity index (χ0n) is 11.7. The van der Waals surface area contributed by atoms with Crippen LogP contribution in [0.5, 0.6) is 0 Å². The predicted molar refractivity (Wildman–Crippen MR) is 77.2 cm³/mol. The van der Waals surface area contributed by atoms with E-state index in [2.05, 4.69) is 16.1 Å². The number of benzene rings is 1. The second-order valence-corrected chi connectivity index (χ2v) is 5.34. The van der Waals surface area contributed by atoms with Crippen LogP contribution in [0.2, 0.25) is 0 Å². The molecule has 108 valence electrons. The molecule has 2 aromatic rings. The molecule has 0 spiro atoms. The minimum absolute atomic E-state index is 0.248. The van der Waals surface area contributed by atoms with E-state index in [9.17, 15) is 4.39 Å². The van der Waals surface area contributed by atoms with E-state index in [0.717, 1.165) is 24.5 Å². The fourth-order valence-electron chi connectivity index (χ4n) is 2.42. The summed E-state index contributed by atoms with van der Waals surface area (Å²) in [5, 5.41) is 13.3. The molecule has 1 aromatic heterocycles. The van der Waals surface area contributed by atoms with Crippen molar-refractivity contribution >= 4 is 0 Å². The Balaban J connectivity index is 1.69. The van der Waals surface area contributed by atoms with Crippen molar-refractivity contribution in [2.45, 2.75) is 31.8 Å². The molecule has 0 radical (unpaired) electrons. The quantitative estimate of drug-likeness (QED) is 0.819. The Bertz CT molecular complexity index is 637. The molecule has 0 atom stereocenters. The summed E-state index contributed by atoms with van der Waals surface area (Å²) < 4.78 is 14.7. The van der Waals surface area contributed by atoms with E-state index < -0.39 is 0 Å². The van der Waals surface area contributed by atoms with Crippen molar-refractivity contribution in [1.82, 2.24) is 14.7 Å². The molecule has 5 heteroatoms. The number of nitrogens with zero attached hydrogens (tertiary/aromatic N) is 4. The molecule has 4 nitrogen and oxygen atoms in total. The van der Waals surface area contributed by atoms with Gasteiger partial charge in [-0.15, -0.1) is 0 Å². The summed E-state index contributed by atoms with van der Waals surface area (Å²) in [6, 6.07) is 11.1. The van der Waals surface area contributed by atoms with Crippen LogP contribution in [-0.4, -0.2) is 27.3 Å². The van der Waals surface area contributed by atoms with Gasteiger partial charge in [-0.25, -0.2) is 9.07 Å². The van der Waals surface area contributed by atoms with Gasteiger partial charge in [0.1, 0.15) is 5.82 Å². The molecule has 1 heterocycles. The van der Waals surface area contributed by atoms with Gasteiger partial charge >= 0.3 is 0 Å². The molecule has 0 N–H and O–H groups in total. The highest BCUT2D eigenvalue weighted by Gasteiger charge is 2.28. The largest absolute Gasteiger partial charge is 0.293 e.